The molecular weight excluding hydrogens is 784 g/mol. The first-order valence-electron chi connectivity index (χ1n) is 18.0. The second kappa shape index (κ2) is 17.3. The van der Waals surface area contributed by atoms with Crippen molar-refractivity contribution in [1.82, 2.24) is 19.8 Å². The summed E-state index contributed by atoms with van der Waals surface area (Å²) >= 11 is 2.32. The van der Waals surface area contributed by atoms with Crippen LogP contribution in [0.15, 0.2) is 69.3 Å². The van der Waals surface area contributed by atoms with Crippen LogP contribution >= 0.6 is 22.7 Å². The van der Waals surface area contributed by atoms with Crippen molar-refractivity contribution in [2.24, 2.45) is 5.73 Å². The first-order chi connectivity index (χ1) is 26.4. The fraction of sp³-hybridized carbons (Fsp3) is 0.444. The molecule has 6 heterocycles. The molecule has 0 bridgehead atoms. The van der Waals surface area contributed by atoms with Crippen molar-refractivity contribution in [2.45, 2.75) is 72.2 Å². The summed E-state index contributed by atoms with van der Waals surface area (Å²) in [5, 5.41) is 25.4. The molecular formula is C36H43FN10O4S4. The maximum Gasteiger partial charge on any atom is 0.263 e. The van der Waals surface area contributed by atoms with E-state index in [0.717, 1.165) is 55.7 Å². The predicted molar refractivity (Wildman–Crippen MR) is 211 cm³/mol. The minimum absolute atomic E-state index is 0.0568. The lowest BCUT2D eigenvalue weighted by molar-refractivity contribution is 0.204. The van der Waals surface area contributed by atoms with E-state index in [4.69, 9.17) is 11.0 Å². The third-order valence-electron chi connectivity index (χ3n) is 10.7. The Labute approximate surface area is 329 Å². The van der Waals surface area contributed by atoms with Crippen LogP contribution in [-0.4, -0.2) is 86.9 Å². The van der Waals surface area contributed by atoms with Gasteiger partial charge in [-0.25, -0.2) is 31.2 Å². The minimum atomic E-state index is -3.85. The van der Waals surface area contributed by atoms with Crippen LogP contribution in [0.3, 0.4) is 0 Å². The van der Waals surface area contributed by atoms with Gasteiger partial charge in [0.1, 0.15) is 18.0 Å². The molecule has 55 heavy (non-hydrogen) atoms. The molecule has 19 heteroatoms. The average molecular weight is 827 g/mol. The van der Waals surface area contributed by atoms with Gasteiger partial charge in [-0.1, -0.05) is 0 Å². The van der Waals surface area contributed by atoms with Crippen LogP contribution in [0.2, 0.25) is 0 Å². The topological polar surface area (TPSA) is 210 Å². The van der Waals surface area contributed by atoms with Crippen LogP contribution < -0.4 is 20.5 Å². The van der Waals surface area contributed by atoms with E-state index >= 15 is 0 Å². The summed E-state index contributed by atoms with van der Waals surface area (Å²) in [6.45, 7) is 6.56. The molecule has 0 radical (unpaired) electrons. The van der Waals surface area contributed by atoms with Crippen LogP contribution in [0.1, 0.15) is 62.5 Å². The first kappa shape index (κ1) is 40.5. The normalized spacial score (nSPS) is 18.4. The number of nitrogens with one attached hydrogen (secondary N) is 3. The van der Waals surface area contributed by atoms with Crippen LogP contribution in [0.5, 0.6) is 0 Å². The summed E-state index contributed by atoms with van der Waals surface area (Å²) in [4.78, 5) is 12.7. The molecule has 0 atom stereocenters. The van der Waals surface area contributed by atoms with E-state index in [1.807, 2.05) is 0 Å². The van der Waals surface area contributed by atoms with Gasteiger partial charge in [-0.2, -0.15) is 10.5 Å². The SMILES string of the molecule is N#Cc1cc(S(=O)(=O)Nc2nccs2)ccc1F.N#Cc1cc(S(=O)(=O)Nc2nccs2)ccc1NCC12CCCN1CCC2.NCC12CCCN1CCC2. The van der Waals surface area contributed by atoms with Crippen molar-refractivity contribution in [2.75, 3.05) is 54.0 Å². The zero-order valence-electron chi connectivity index (χ0n) is 30.1. The highest BCUT2D eigenvalue weighted by Gasteiger charge is 2.44. The van der Waals surface area contributed by atoms with Gasteiger partial charge in [-0.15, -0.1) is 22.7 Å². The summed E-state index contributed by atoms with van der Waals surface area (Å²) in [5.41, 5.74) is 7.10. The van der Waals surface area contributed by atoms with Gasteiger partial charge >= 0.3 is 0 Å². The molecule has 14 nitrogen and oxygen atoms in total. The van der Waals surface area contributed by atoms with E-state index in [2.05, 4.69) is 40.6 Å². The number of rotatable bonds is 10. The third-order valence-corrected chi connectivity index (χ3v) is 15.0. The van der Waals surface area contributed by atoms with Crippen molar-refractivity contribution in [3.8, 4) is 12.1 Å². The van der Waals surface area contributed by atoms with Gasteiger partial charge in [0, 0.05) is 47.3 Å². The number of hydrogen-bond donors (Lipinski definition) is 4. The smallest absolute Gasteiger partial charge is 0.263 e. The Bertz CT molecular complexity index is 2220. The Morgan fingerprint density at radius 3 is 1.67 bits per heavy atom. The maximum atomic E-state index is 13.1. The largest absolute Gasteiger partial charge is 0.382 e. The molecule has 4 aliphatic rings. The van der Waals surface area contributed by atoms with Crippen LogP contribution in [-0.2, 0) is 20.0 Å². The highest BCUT2D eigenvalue weighted by molar-refractivity contribution is 7.93. The highest BCUT2D eigenvalue weighted by Crippen LogP contribution is 2.39. The Hall–Kier alpha value is -4.21. The Kier molecular flexibility index (Phi) is 12.7. The van der Waals surface area contributed by atoms with E-state index in [1.165, 1.54) is 100 Å². The van der Waals surface area contributed by atoms with Gasteiger partial charge in [0.15, 0.2) is 10.3 Å². The average Bonchev–Trinajstić information content (AvgIpc) is 4.02. The number of sulfonamides is 2. The molecule has 0 amide bonds. The number of thiazole rings is 2. The van der Waals surface area contributed by atoms with Crippen molar-refractivity contribution in [3.63, 3.8) is 0 Å². The van der Waals surface area contributed by atoms with Gasteiger partial charge in [-0.05, 0) is 114 Å². The molecule has 0 spiro atoms. The zero-order chi connectivity index (χ0) is 39.1. The second-order valence-electron chi connectivity index (χ2n) is 13.9. The lowest BCUT2D eigenvalue weighted by atomic mass is 9.94. The molecule has 4 saturated heterocycles. The molecule has 5 N–H and O–H groups in total. The standard InChI is InChI=1S/C18H21N5O2S2.C10H6FN3O2S2.C8H16N2/c19-12-14-11-15(27(24,25)22-17-20-7-10-26-17)3-4-16(14)21-13-18-5-1-8-23(18)9-2-6-18;11-9-2-1-8(5-7(9)6-12)18(15,16)14-10-13-3-4-17-10;9-7-8-3-1-5-10(8)6-2-4-8/h3-4,7,10-11,21H,1-2,5-6,8-9,13H2,(H,20,22);1-5H,(H,13,14);1-7,9H2. The third kappa shape index (κ3) is 9.26. The number of halogens is 1. The van der Waals surface area contributed by atoms with Crippen molar-refractivity contribution in [3.05, 3.63) is 76.5 Å². The Morgan fingerprint density at radius 2 is 1.22 bits per heavy atom. The van der Waals surface area contributed by atoms with Crippen molar-refractivity contribution < 1.29 is 21.2 Å². The van der Waals surface area contributed by atoms with Crippen molar-refractivity contribution >= 4 is 58.7 Å². The van der Waals surface area contributed by atoms with Gasteiger partial charge in [0.25, 0.3) is 20.0 Å². The number of nitrogens with zero attached hydrogens (tertiary/aromatic N) is 6. The number of benzene rings is 2. The molecule has 2 aromatic carbocycles. The Balaban J connectivity index is 0.000000157. The molecule has 0 aliphatic carbocycles. The minimum Gasteiger partial charge on any atom is -0.382 e. The van der Waals surface area contributed by atoms with Crippen molar-refractivity contribution in [1.29, 1.82) is 10.5 Å². The monoisotopic (exact) mass is 826 g/mol. The van der Waals surface area contributed by atoms with E-state index in [1.54, 1.807) is 22.9 Å². The summed E-state index contributed by atoms with van der Waals surface area (Å²) in [7, 11) is -7.62. The predicted octanol–water partition coefficient (Wildman–Crippen LogP) is 5.38. The highest BCUT2D eigenvalue weighted by atomic mass is 32.2. The van der Waals surface area contributed by atoms with E-state index in [0.29, 0.717) is 21.9 Å². The lowest BCUT2D eigenvalue weighted by Crippen LogP contribution is -2.44. The van der Waals surface area contributed by atoms with Gasteiger partial charge in [-0.3, -0.25) is 19.2 Å². The van der Waals surface area contributed by atoms with Gasteiger partial charge in [0.2, 0.25) is 0 Å². The van der Waals surface area contributed by atoms with Gasteiger partial charge in [0.05, 0.1) is 26.6 Å². The van der Waals surface area contributed by atoms with E-state index in [-0.39, 0.29) is 26.0 Å². The number of aromatic nitrogens is 2. The van der Waals surface area contributed by atoms with Crippen LogP contribution in [0.4, 0.5) is 20.3 Å². The fourth-order valence-electron chi connectivity index (χ4n) is 7.92. The van der Waals surface area contributed by atoms with E-state index < -0.39 is 25.9 Å². The van der Waals surface area contributed by atoms with Crippen LogP contribution in [0.25, 0.3) is 0 Å². The molecule has 0 saturated carbocycles. The molecule has 0 unspecified atom stereocenters. The molecule has 4 fully saturated rings. The number of nitriles is 2. The van der Waals surface area contributed by atoms with Crippen LogP contribution in [0, 0.1) is 28.5 Å². The summed E-state index contributed by atoms with van der Waals surface area (Å²) in [5.74, 6) is -0.759. The molecule has 8 rings (SSSR count). The Morgan fingerprint density at radius 1 is 0.745 bits per heavy atom. The lowest BCUT2D eigenvalue weighted by Gasteiger charge is -2.32. The van der Waals surface area contributed by atoms with E-state index in [9.17, 15) is 26.5 Å². The molecule has 2 aromatic heterocycles. The van der Waals surface area contributed by atoms with Gasteiger partial charge < -0.3 is 11.1 Å². The maximum absolute atomic E-state index is 13.1. The first-order valence-corrected chi connectivity index (χ1v) is 22.7. The second-order valence-corrected chi connectivity index (χ2v) is 19.0. The molecule has 292 valence electrons. The molecule has 4 aliphatic heterocycles. The number of fused-ring (bicyclic) bond motifs is 2. The summed E-state index contributed by atoms with van der Waals surface area (Å²) in [6, 6.07) is 11.3. The molecule has 4 aromatic rings. The number of anilines is 3. The summed E-state index contributed by atoms with van der Waals surface area (Å²) in [6.07, 6.45) is 13.2. The number of nitrogens with two attached hydrogens (primary N) is 1. The number of hydrogen-bond acceptors (Lipinski definition) is 14. The summed E-state index contributed by atoms with van der Waals surface area (Å²) < 4.78 is 66.6. The zero-order valence-corrected chi connectivity index (χ0v) is 33.3. The quantitative estimate of drug-likeness (QED) is 0.159. The fourth-order valence-corrected chi connectivity index (χ4v) is 11.6.